The van der Waals surface area contributed by atoms with Crippen LogP contribution in [-0.2, 0) is 17.6 Å². The van der Waals surface area contributed by atoms with Crippen molar-refractivity contribution < 1.29 is 19.4 Å². The second-order valence-corrected chi connectivity index (χ2v) is 4.04. The van der Waals surface area contributed by atoms with Crippen molar-refractivity contribution in [2.75, 3.05) is 14.2 Å². The zero-order valence-electron chi connectivity index (χ0n) is 11.2. The normalized spacial score (nSPS) is 10.2. The average molecular weight is 252 g/mol. The molecule has 1 aromatic rings. The van der Waals surface area contributed by atoms with Gasteiger partial charge in [0.2, 0.25) is 0 Å². The van der Waals surface area contributed by atoms with Gasteiger partial charge in [-0.05, 0) is 30.9 Å². The van der Waals surface area contributed by atoms with E-state index in [2.05, 4.69) is 6.92 Å². The molecule has 0 bridgehead atoms. The summed E-state index contributed by atoms with van der Waals surface area (Å²) in [6, 6.07) is 3.86. The van der Waals surface area contributed by atoms with Crippen molar-refractivity contribution in [3.05, 3.63) is 23.3 Å². The van der Waals surface area contributed by atoms with Crippen LogP contribution in [0.25, 0.3) is 0 Å². The third-order valence-corrected chi connectivity index (χ3v) is 2.94. The molecule has 0 fully saturated rings. The van der Waals surface area contributed by atoms with Gasteiger partial charge < -0.3 is 14.6 Å². The number of ether oxygens (including phenoxy) is 2. The lowest BCUT2D eigenvalue weighted by molar-refractivity contribution is -0.137. The minimum atomic E-state index is -0.756. The molecule has 0 unspecified atom stereocenters. The molecule has 0 aromatic heterocycles. The molecule has 0 aliphatic heterocycles. The summed E-state index contributed by atoms with van der Waals surface area (Å²) in [7, 11) is 3.24. The first-order chi connectivity index (χ1) is 8.63. The fourth-order valence-corrected chi connectivity index (χ4v) is 2.08. The van der Waals surface area contributed by atoms with Gasteiger partial charge in [-0.25, -0.2) is 0 Å². The van der Waals surface area contributed by atoms with Crippen LogP contribution in [-0.4, -0.2) is 25.3 Å². The quantitative estimate of drug-likeness (QED) is 0.810. The Morgan fingerprint density at radius 3 is 2.50 bits per heavy atom. The Labute approximate surface area is 108 Å². The molecule has 0 radical (unpaired) electrons. The van der Waals surface area contributed by atoms with Crippen LogP contribution in [0.2, 0.25) is 0 Å². The number of methoxy groups -OCH3 is 2. The number of hydrogen-bond donors (Lipinski definition) is 1. The molecule has 0 atom stereocenters. The largest absolute Gasteiger partial charge is 0.493 e. The second-order valence-electron chi connectivity index (χ2n) is 4.04. The fourth-order valence-electron chi connectivity index (χ4n) is 2.08. The van der Waals surface area contributed by atoms with E-state index in [-0.39, 0.29) is 6.42 Å². The van der Waals surface area contributed by atoms with Crippen LogP contribution in [0.15, 0.2) is 12.1 Å². The average Bonchev–Trinajstić information content (AvgIpc) is 2.37. The van der Waals surface area contributed by atoms with Crippen LogP contribution in [0, 0.1) is 0 Å². The van der Waals surface area contributed by atoms with Crippen molar-refractivity contribution in [3.8, 4) is 11.5 Å². The fraction of sp³-hybridized carbons (Fsp3) is 0.500. The minimum absolute atomic E-state index is 0.192. The monoisotopic (exact) mass is 252 g/mol. The zero-order chi connectivity index (χ0) is 13.5. The zero-order valence-corrected chi connectivity index (χ0v) is 11.2. The summed E-state index contributed by atoms with van der Waals surface area (Å²) >= 11 is 0. The minimum Gasteiger partial charge on any atom is -0.493 e. The van der Waals surface area contributed by atoms with Crippen molar-refractivity contribution >= 4 is 5.97 Å². The molecule has 4 heteroatoms. The lowest BCUT2D eigenvalue weighted by atomic mass is 9.98. The van der Waals surface area contributed by atoms with Crippen molar-refractivity contribution in [3.63, 3.8) is 0 Å². The van der Waals surface area contributed by atoms with Crippen molar-refractivity contribution in [1.82, 2.24) is 0 Å². The third kappa shape index (κ3) is 3.39. The highest BCUT2D eigenvalue weighted by molar-refractivity contribution is 5.66. The van der Waals surface area contributed by atoms with Crippen LogP contribution < -0.4 is 9.47 Å². The Bertz CT molecular complexity index is 413. The maximum absolute atomic E-state index is 10.5. The van der Waals surface area contributed by atoms with E-state index >= 15 is 0 Å². The van der Waals surface area contributed by atoms with Gasteiger partial charge in [0, 0.05) is 12.0 Å². The number of benzene rings is 1. The maximum Gasteiger partial charge on any atom is 0.303 e. The number of aryl methyl sites for hydroxylation is 1. The van der Waals surface area contributed by atoms with Crippen LogP contribution in [0.1, 0.15) is 30.9 Å². The van der Waals surface area contributed by atoms with E-state index in [1.54, 1.807) is 14.2 Å². The van der Waals surface area contributed by atoms with Crippen LogP contribution >= 0.6 is 0 Å². The Balaban J connectivity index is 2.94. The van der Waals surface area contributed by atoms with Gasteiger partial charge in [-0.15, -0.1) is 0 Å². The van der Waals surface area contributed by atoms with E-state index < -0.39 is 5.97 Å². The maximum atomic E-state index is 10.5. The van der Waals surface area contributed by atoms with Gasteiger partial charge in [-0.2, -0.15) is 0 Å². The van der Waals surface area contributed by atoms with E-state index in [0.717, 1.165) is 35.5 Å². The molecular weight excluding hydrogens is 232 g/mol. The first-order valence-corrected chi connectivity index (χ1v) is 6.08. The summed E-state index contributed by atoms with van der Waals surface area (Å²) in [6.07, 6.45) is 2.41. The molecule has 0 aliphatic rings. The standard InChI is InChI=1S/C14H20O4/c1-4-11-10(6-5-7-13(15)16)8-9-12(17-2)14(11)18-3/h8-9H,4-7H2,1-3H3,(H,15,16). The first-order valence-electron chi connectivity index (χ1n) is 6.08. The molecule has 0 aliphatic carbocycles. The lowest BCUT2D eigenvalue weighted by Gasteiger charge is -2.15. The van der Waals surface area contributed by atoms with E-state index in [0.29, 0.717) is 6.42 Å². The molecule has 0 saturated heterocycles. The molecule has 0 heterocycles. The highest BCUT2D eigenvalue weighted by Crippen LogP contribution is 2.34. The SMILES string of the molecule is CCc1c(CCCC(=O)O)ccc(OC)c1OC. The molecule has 1 N–H and O–H groups in total. The molecule has 0 spiro atoms. The molecule has 0 saturated carbocycles. The molecule has 0 amide bonds. The molecule has 4 nitrogen and oxygen atoms in total. The summed E-state index contributed by atoms with van der Waals surface area (Å²) in [6.45, 7) is 2.05. The molecule has 1 aromatic carbocycles. The summed E-state index contributed by atoms with van der Waals surface area (Å²) in [5.74, 6) is 0.720. The summed E-state index contributed by atoms with van der Waals surface area (Å²) in [5, 5.41) is 8.66. The third-order valence-electron chi connectivity index (χ3n) is 2.94. The van der Waals surface area contributed by atoms with E-state index in [1.807, 2.05) is 12.1 Å². The van der Waals surface area contributed by atoms with E-state index in [4.69, 9.17) is 14.6 Å². The topological polar surface area (TPSA) is 55.8 Å². The predicted molar refractivity (Wildman–Crippen MR) is 69.5 cm³/mol. The number of carboxylic acid groups (broad SMARTS) is 1. The Kier molecular flexibility index (Phi) is 5.49. The van der Waals surface area contributed by atoms with E-state index in [9.17, 15) is 4.79 Å². The summed E-state index contributed by atoms with van der Waals surface area (Å²) in [4.78, 5) is 10.5. The molecule has 18 heavy (non-hydrogen) atoms. The van der Waals surface area contributed by atoms with Crippen molar-refractivity contribution in [1.29, 1.82) is 0 Å². The molecule has 100 valence electrons. The van der Waals surface area contributed by atoms with E-state index in [1.165, 1.54) is 0 Å². The van der Waals surface area contributed by atoms with Crippen molar-refractivity contribution in [2.45, 2.75) is 32.6 Å². The van der Waals surface area contributed by atoms with Crippen LogP contribution in [0.5, 0.6) is 11.5 Å². The van der Waals surface area contributed by atoms with Gasteiger partial charge in [-0.1, -0.05) is 13.0 Å². The lowest BCUT2D eigenvalue weighted by Crippen LogP contribution is -2.02. The number of hydrogen-bond acceptors (Lipinski definition) is 3. The first kappa shape index (κ1) is 14.4. The Hall–Kier alpha value is -1.71. The van der Waals surface area contributed by atoms with Gasteiger partial charge in [-0.3, -0.25) is 4.79 Å². The highest BCUT2D eigenvalue weighted by atomic mass is 16.5. The second kappa shape index (κ2) is 6.89. The van der Waals surface area contributed by atoms with Gasteiger partial charge in [0.05, 0.1) is 14.2 Å². The van der Waals surface area contributed by atoms with Gasteiger partial charge in [0.1, 0.15) is 0 Å². The van der Waals surface area contributed by atoms with Gasteiger partial charge in [0.25, 0.3) is 0 Å². The summed E-state index contributed by atoms with van der Waals surface area (Å²) < 4.78 is 10.6. The Morgan fingerprint density at radius 2 is 2.00 bits per heavy atom. The van der Waals surface area contributed by atoms with Crippen LogP contribution in [0.4, 0.5) is 0 Å². The smallest absolute Gasteiger partial charge is 0.303 e. The molecular formula is C14H20O4. The Morgan fingerprint density at radius 1 is 1.28 bits per heavy atom. The van der Waals surface area contributed by atoms with Crippen molar-refractivity contribution in [2.24, 2.45) is 0 Å². The van der Waals surface area contributed by atoms with Gasteiger partial charge in [0.15, 0.2) is 11.5 Å². The number of carboxylic acids is 1. The summed E-state index contributed by atoms with van der Waals surface area (Å²) in [5.41, 5.74) is 2.23. The number of carbonyl (C=O) groups is 1. The number of rotatable bonds is 7. The number of aliphatic carboxylic acids is 1. The van der Waals surface area contributed by atoms with Crippen LogP contribution in [0.3, 0.4) is 0 Å². The molecule has 1 rings (SSSR count). The predicted octanol–water partition coefficient (Wildman–Crippen LogP) is 2.67. The van der Waals surface area contributed by atoms with Gasteiger partial charge >= 0.3 is 5.97 Å². The highest BCUT2D eigenvalue weighted by Gasteiger charge is 2.13.